The molecule has 2 aromatic heterocycles. The second-order valence-corrected chi connectivity index (χ2v) is 5.45. The molecule has 2 heterocycles. The number of fused-ring (bicyclic) bond motifs is 2. The van der Waals surface area contributed by atoms with E-state index in [1.54, 1.807) is 48.5 Å². The number of carboxylic acids is 1. The van der Waals surface area contributed by atoms with Crippen molar-refractivity contribution in [3.05, 3.63) is 83.9 Å². The summed E-state index contributed by atoms with van der Waals surface area (Å²) in [7, 11) is 0. The van der Waals surface area contributed by atoms with Gasteiger partial charge < -0.3 is 5.11 Å². The van der Waals surface area contributed by atoms with E-state index in [1.807, 2.05) is 6.07 Å². The van der Waals surface area contributed by atoms with Gasteiger partial charge in [0.1, 0.15) is 6.07 Å². The predicted molar refractivity (Wildman–Crippen MR) is 95.1 cm³/mol. The number of aromatic carboxylic acids is 1. The van der Waals surface area contributed by atoms with E-state index >= 15 is 0 Å². The normalized spacial score (nSPS) is 10.1. The number of hydrogen-bond acceptors (Lipinski definition) is 4. The van der Waals surface area contributed by atoms with Crippen LogP contribution >= 0.6 is 0 Å². The maximum Gasteiger partial charge on any atom is 0.355 e. The van der Waals surface area contributed by atoms with E-state index in [-0.39, 0.29) is 11.4 Å². The lowest BCUT2D eigenvalue weighted by atomic mass is 10.1. The molecule has 0 amide bonds. The van der Waals surface area contributed by atoms with E-state index in [2.05, 4.69) is 9.97 Å². The number of nitrogens with zero attached hydrogens (tertiary/aromatic N) is 3. The number of pyridine rings is 2. The van der Waals surface area contributed by atoms with Crippen molar-refractivity contribution in [3.63, 3.8) is 0 Å². The molecular weight excluding hydrogens is 352 g/mol. The summed E-state index contributed by atoms with van der Waals surface area (Å²) in [5.41, 5.74) is -0.115. The molecule has 0 unspecified atom stereocenters. The summed E-state index contributed by atoms with van der Waals surface area (Å²) < 4.78 is 25.7. The van der Waals surface area contributed by atoms with Crippen molar-refractivity contribution >= 4 is 27.5 Å². The highest BCUT2D eigenvalue weighted by Crippen LogP contribution is 2.18. The van der Waals surface area contributed by atoms with Gasteiger partial charge in [0.2, 0.25) is 11.9 Å². The molecule has 0 aliphatic rings. The highest BCUT2D eigenvalue weighted by atomic mass is 19.1. The van der Waals surface area contributed by atoms with E-state index < -0.39 is 17.9 Å². The molecule has 7 heteroatoms. The molecule has 0 aliphatic carbocycles. The van der Waals surface area contributed by atoms with Crippen molar-refractivity contribution in [3.8, 4) is 6.07 Å². The molecule has 0 aliphatic heterocycles. The Bertz CT molecular complexity index is 1200. The molecule has 27 heavy (non-hydrogen) atoms. The average molecular weight is 363 g/mol. The summed E-state index contributed by atoms with van der Waals surface area (Å²) >= 11 is 0. The molecule has 0 bridgehead atoms. The first kappa shape index (κ1) is 17.9. The van der Waals surface area contributed by atoms with Crippen LogP contribution in [0.5, 0.6) is 0 Å². The van der Waals surface area contributed by atoms with Crippen LogP contribution in [-0.4, -0.2) is 21.0 Å². The Morgan fingerprint density at radius 3 is 2.00 bits per heavy atom. The molecule has 0 atom stereocenters. The Labute approximate surface area is 152 Å². The van der Waals surface area contributed by atoms with Gasteiger partial charge in [-0.3, -0.25) is 0 Å². The first-order valence-corrected chi connectivity index (χ1v) is 7.73. The van der Waals surface area contributed by atoms with Crippen molar-refractivity contribution in [1.29, 1.82) is 5.26 Å². The van der Waals surface area contributed by atoms with Gasteiger partial charge in [0.25, 0.3) is 0 Å². The van der Waals surface area contributed by atoms with Crippen LogP contribution in [0, 0.1) is 23.2 Å². The van der Waals surface area contributed by atoms with Crippen LogP contribution in [0.1, 0.15) is 16.2 Å². The van der Waals surface area contributed by atoms with Crippen molar-refractivity contribution in [2.75, 3.05) is 0 Å². The molecule has 4 rings (SSSR count). The Balaban J connectivity index is 0.000000156. The summed E-state index contributed by atoms with van der Waals surface area (Å²) in [6.07, 6.45) is 0. The Morgan fingerprint density at radius 2 is 1.41 bits per heavy atom. The number of hydrogen-bond donors (Lipinski definition) is 1. The smallest absolute Gasteiger partial charge is 0.355 e. The molecule has 0 spiro atoms. The fourth-order valence-electron chi connectivity index (χ4n) is 2.58. The van der Waals surface area contributed by atoms with Crippen molar-refractivity contribution in [1.82, 2.24) is 9.97 Å². The third-order valence-corrected chi connectivity index (χ3v) is 3.73. The van der Waals surface area contributed by atoms with E-state index in [9.17, 15) is 13.6 Å². The second-order valence-electron chi connectivity index (χ2n) is 5.45. The number of halogens is 2. The zero-order chi connectivity index (χ0) is 19.4. The van der Waals surface area contributed by atoms with Gasteiger partial charge in [-0.2, -0.15) is 14.0 Å². The van der Waals surface area contributed by atoms with Crippen LogP contribution in [0.2, 0.25) is 0 Å². The summed E-state index contributed by atoms with van der Waals surface area (Å²) in [4.78, 5) is 17.6. The maximum atomic E-state index is 12.9. The van der Waals surface area contributed by atoms with E-state index in [0.29, 0.717) is 21.5 Å². The van der Waals surface area contributed by atoms with Gasteiger partial charge in [0, 0.05) is 22.9 Å². The Morgan fingerprint density at radius 1 is 0.889 bits per heavy atom. The van der Waals surface area contributed by atoms with Gasteiger partial charge in [-0.1, -0.05) is 48.5 Å². The zero-order valence-corrected chi connectivity index (χ0v) is 13.7. The largest absolute Gasteiger partial charge is 0.476 e. The maximum absolute atomic E-state index is 12.9. The van der Waals surface area contributed by atoms with Gasteiger partial charge in [0.15, 0.2) is 11.4 Å². The van der Waals surface area contributed by atoms with Gasteiger partial charge in [-0.25, -0.2) is 14.8 Å². The Kier molecular flexibility index (Phi) is 4.99. The highest BCUT2D eigenvalue weighted by molar-refractivity contribution is 6.01. The van der Waals surface area contributed by atoms with Gasteiger partial charge in [-0.05, 0) is 10.8 Å². The number of aromatic nitrogens is 2. The zero-order valence-electron chi connectivity index (χ0n) is 13.7. The van der Waals surface area contributed by atoms with Gasteiger partial charge >= 0.3 is 5.97 Å². The number of benzene rings is 2. The lowest BCUT2D eigenvalue weighted by Crippen LogP contribution is -2.02. The van der Waals surface area contributed by atoms with Crippen molar-refractivity contribution < 1.29 is 18.7 Å². The molecule has 0 fully saturated rings. The van der Waals surface area contributed by atoms with Gasteiger partial charge in [0.05, 0.1) is 0 Å². The van der Waals surface area contributed by atoms with Crippen LogP contribution < -0.4 is 0 Å². The average Bonchev–Trinajstić information content (AvgIpc) is 2.67. The van der Waals surface area contributed by atoms with Crippen LogP contribution in [0.3, 0.4) is 0 Å². The third kappa shape index (κ3) is 3.85. The van der Waals surface area contributed by atoms with Gasteiger partial charge in [-0.15, -0.1) is 0 Å². The van der Waals surface area contributed by atoms with E-state index in [4.69, 9.17) is 10.4 Å². The first-order valence-electron chi connectivity index (χ1n) is 7.73. The van der Waals surface area contributed by atoms with E-state index in [1.165, 1.54) is 12.1 Å². The quantitative estimate of drug-likeness (QED) is 0.509. The molecule has 2 aromatic carbocycles. The van der Waals surface area contributed by atoms with Crippen molar-refractivity contribution in [2.45, 2.75) is 0 Å². The SMILES string of the molecule is N#Cc1nc(F)cc2ccccc12.O=C(O)c1nc(F)cc2ccccc12. The fourth-order valence-corrected chi connectivity index (χ4v) is 2.58. The standard InChI is InChI=1S/C10H5FN2.C10H6FNO2/c11-10-5-7-3-1-2-4-8(7)9(6-12)13-10;11-8-5-6-3-1-2-4-7(6)9(12-8)10(13)14/h1-5H;1-5H,(H,13,14). The molecule has 5 nitrogen and oxygen atoms in total. The Hall–Kier alpha value is -3.92. The minimum atomic E-state index is -1.22. The molecule has 132 valence electrons. The lowest BCUT2D eigenvalue weighted by Gasteiger charge is -2.00. The van der Waals surface area contributed by atoms with Crippen LogP contribution in [0.25, 0.3) is 21.5 Å². The summed E-state index contributed by atoms with van der Waals surface area (Å²) in [6.45, 7) is 0. The number of rotatable bonds is 1. The molecule has 0 saturated heterocycles. The minimum absolute atomic E-state index is 0.135. The second kappa shape index (κ2) is 7.54. The fraction of sp³-hybridized carbons (Fsp3) is 0. The highest BCUT2D eigenvalue weighted by Gasteiger charge is 2.11. The molecule has 4 aromatic rings. The summed E-state index contributed by atoms with van der Waals surface area (Å²) in [6, 6.07) is 18.1. The van der Waals surface area contributed by atoms with Crippen molar-refractivity contribution in [2.24, 2.45) is 0 Å². The predicted octanol–water partition coefficient (Wildman–Crippen LogP) is 4.32. The number of carboxylic acid groups (broad SMARTS) is 1. The van der Waals surface area contributed by atoms with Crippen LogP contribution in [-0.2, 0) is 0 Å². The van der Waals surface area contributed by atoms with Crippen LogP contribution in [0.15, 0.2) is 60.7 Å². The minimum Gasteiger partial charge on any atom is -0.476 e. The summed E-state index contributed by atoms with van der Waals surface area (Å²) in [5, 5.41) is 19.8. The molecule has 0 radical (unpaired) electrons. The van der Waals surface area contributed by atoms with E-state index in [0.717, 1.165) is 0 Å². The summed E-state index contributed by atoms with van der Waals surface area (Å²) in [5.74, 6) is -2.61. The lowest BCUT2D eigenvalue weighted by molar-refractivity contribution is 0.0691. The third-order valence-electron chi connectivity index (χ3n) is 3.73. The molecular formula is C20H11F2N3O2. The number of carbonyl (C=O) groups is 1. The topological polar surface area (TPSA) is 86.9 Å². The number of nitriles is 1. The van der Waals surface area contributed by atoms with Crippen LogP contribution in [0.4, 0.5) is 8.78 Å². The molecule has 1 N–H and O–H groups in total. The monoisotopic (exact) mass is 363 g/mol. The molecule has 0 saturated carbocycles. The first-order chi connectivity index (χ1) is 13.0.